The minimum Gasteiger partial charge on any atom is -0.378 e. The van der Waals surface area contributed by atoms with Gasteiger partial charge in [-0.15, -0.1) is 0 Å². The predicted octanol–water partition coefficient (Wildman–Crippen LogP) is 2.94. The van der Waals surface area contributed by atoms with Crippen molar-refractivity contribution in [1.29, 1.82) is 0 Å². The first kappa shape index (κ1) is 17.1. The Morgan fingerprint density at radius 2 is 1.87 bits per heavy atom. The summed E-state index contributed by atoms with van der Waals surface area (Å²) in [6.07, 6.45) is 10.1. The highest BCUT2D eigenvalue weighted by molar-refractivity contribution is 5.94. The van der Waals surface area contributed by atoms with Gasteiger partial charge in [-0.3, -0.25) is 4.79 Å². The highest BCUT2D eigenvalue weighted by Crippen LogP contribution is 2.12. The maximum absolute atomic E-state index is 12.0. The largest absolute Gasteiger partial charge is 0.378 e. The second kappa shape index (κ2) is 8.98. The highest BCUT2D eigenvalue weighted by atomic mass is 16.1. The van der Waals surface area contributed by atoms with Gasteiger partial charge < -0.3 is 14.8 Å². The van der Waals surface area contributed by atoms with Gasteiger partial charge in [0.05, 0.1) is 6.33 Å². The van der Waals surface area contributed by atoms with Crippen LogP contribution in [-0.2, 0) is 6.54 Å². The molecule has 1 aromatic heterocycles. The topological polar surface area (TPSA) is 50.2 Å². The van der Waals surface area contributed by atoms with E-state index >= 15 is 0 Å². The van der Waals surface area contributed by atoms with Crippen molar-refractivity contribution in [3.05, 3.63) is 48.5 Å². The Bertz CT molecular complexity index is 576. The minimum absolute atomic E-state index is 0.00808. The summed E-state index contributed by atoms with van der Waals surface area (Å²) in [4.78, 5) is 18.1. The van der Waals surface area contributed by atoms with Gasteiger partial charge in [0.2, 0.25) is 0 Å². The Labute approximate surface area is 138 Å². The van der Waals surface area contributed by atoms with Crippen LogP contribution >= 0.6 is 0 Å². The summed E-state index contributed by atoms with van der Waals surface area (Å²) in [5.41, 5.74) is 1.81. The summed E-state index contributed by atoms with van der Waals surface area (Å²) in [7, 11) is 3.98. The van der Waals surface area contributed by atoms with E-state index in [0.29, 0.717) is 0 Å². The van der Waals surface area contributed by atoms with E-state index in [-0.39, 0.29) is 5.91 Å². The van der Waals surface area contributed by atoms with E-state index < -0.39 is 0 Å². The van der Waals surface area contributed by atoms with Crippen molar-refractivity contribution in [2.24, 2.45) is 0 Å². The lowest BCUT2D eigenvalue weighted by atomic mass is 10.1. The third kappa shape index (κ3) is 5.77. The number of carbonyl (C=O) groups excluding carboxylic acids is 1. The fourth-order valence-corrected chi connectivity index (χ4v) is 2.41. The Balaban J connectivity index is 1.57. The van der Waals surface area contributed by atoms with Crippen molar-refractivity contribution in [3.63, 3.8) is 0 Å². The smallest absolute Gasteiger partial charge is 0.251 e. The summed E-state index contributed by atoms with van der Waals surface area (Å²) in [6.45, 7) is 1.75. The SMILES string of the molecule is CN(C)c1ccc(C(=O)NCCCCCCn2ccnc2)cc1. The van der Waals surface area contributed by atoms with E-state index in [1.54, 1.807) is 6.20 Å². The van der Waals surface area contributed by atoms with Gasteiger partial charge in [-0.2, -0.15) is 0 Å². The number of unbranched alkanes of at least 4 members (excludes halogenated alkanes) is 3. The highest BCUT2D eigenvalue weighted by Gasteiger charge is 2.05. The number of benzene rings is 1. The summed E-state index contributed by atoms with van der Waals surface area (Å²) < 4.78 is 2.10. The van der Waals surface area contributed by atoms with Crippen molar-refractivity contribution in [3.8, 4) is 0 Å². The number of nitrogens with zero attached hydrogens (tertiary/aromatic N) is 3. The fourth-order valence-electron chi connectivity index (χ4n) is 2.41. The molecule has 0 spiro atoms. The molecule has 0 bridgehead atoms. The summed E-state index contributed by atoms with van der Waals surface area (Å²) in [5, 5.41) is 2.98. The van der Waals surface area contributed by atoms with Crippen LogP contribution in [-0.4, -0.2) is 36.1 Å². The quantitative estimate of drug-likeness (QED) is 0.724. The van der Waals surface area contributed by atoms with Crippen LogP contribution in [0.5, 0.6) is 0 Å². The maximum Gasteiger partial charge on any atom is 0.251 e. The molecule has 0 saturated carbocycles. The van der Waals surface area contributed by atoms with Gasteiger partial charge in [0.15, 0.2) is 0 Å². The molecule has 1 aromatic carbocycles. The number of anilines is 1. The molecule has 0 fully saturated rings. The zero-order valence-corrected chi connectivity index (χ0v) is 14.0. The molecule has 0 atom stereocenters. The molecule has 0 aliphatic heterocycles. The van der Waals surface area contributed by atoms with E-state index in [4.69, 9.17) is 0 Å². The monoisotopic (exact) mass is 314 g/mol. The molecular formula is C18H26N4O. The molecule has 5 nitrogen and oxygen atoms in total. The standard InChI is InChI=1S/C18H26N4O/c1-21(2)17-9-7-16(8-10-17)18(23)20-11-5-3-4-6-13-22-14-12-19-15-22/h7-10,12,14-15H,3-6,11,13H2,1-2H3,(H,20,23). The van der Waals surface area contributed by atoms with Crippen LogP contribution in [0.1, 0.15) is 36.0 Å². The van der Waals surface area contributed by atoms with Gasteiger partial charge in [0, 0.05) is 50.8 Å². The number of imidazole rings is 1. The number of rotatable bonds is 9. The van der Waals surface area contributed by atoms with Crippen LogP contribution in [0.2, 0.25) is 0 Å². The molecule has 2 rings (SSSR count). The van der Waals surface area contributed by atoms with E-state index in [1.165, 1.54) is 6.42 Å². The van der Waals surface area contributed by atoms with E-state index in [1.807, 2.05) is 55.8 Å². The predicted molar refractivity (Wildman–Crippen MR) is 93.8 cm³/mol. The van der Waals surface area contributed by atoms with Gasteiger partial charge >= 0.3 is 0 Å². The Morgan fingerprint density at radius 3 is 2.52 bits per heavy atom. The Morgan fingerprint density at radius 1 is 1.13 bits per heavy atom. The third-order valence-corrected chi connectivity index (χ3v) is 3.83. The first-order chi connectivity index (χ1) is 11.2. The van der Waals surface area contributed by atoms with Gasteiger partial charge in [0.1, 0.15) is 0 Å². The van der Waals surface area contributed by atoms with Gasteiger partial charge in [-0.05, 0) is 37.1 Å². The van der Waals surface area contributed by atoms with Crippen LogP contribution in [0.3, 0.4) is 0 Å². The van der Waals surface area contributed by atoms with Crippen LogP contribution in [0.4, 0.5) is 5.69 Å². The molecule has 1 amide bonds. The Hall–Kier alpha value is -2.30. The average Bonchev–Trinajstić information content (AvgIpc) is 3.07. The van der Waals surface area contributed by atoms with Crippen LogP contribution in [0, 0.1) is 0 Å². The third-order valence-electron chi connectivity index (χ3n) is 3.83. The number of hydrogen-bond donors (Lipinski definition) is 1. The summed E-state index contributed by atoms with van der Waals surface area (Å²) in [6, 6.07) is 7.67. The van der Waals surface area contributed by atoms with E-state index in [9.17, 15) is 4.79 Å². The molecule has 1 heterocycles. The van der Waals surface area contributed by atoms with E-state index in [2.05, 4.69) is 14.9 Å². The van der Waals surface area contributed by atoms with Gasteiger partial charge in [-0.1, -0.05) is 12.8 Å². The summed E-state index contributed by atoms with van der Waals surface area (Å²) in [5.74, 6) is 0.00808. The number of aromatic nitrogens is 2. The minimum atomic E-state index is 0.00808. The Kier molecular flexibility index (Phi) is 6.66. The normalized spacial score (nSPS) is 10.5. The molecule has 23 heavy (non-hydrogen) atoms. The zero-order valence-electron chi connectivity index (χ0n) is 14.0. The van der Waals surface area contributed by atoms with Gasteiger partial charge in [0.25, 0.3) is 5.91 Å². The molecule has 5 heteroatoms. The number of carbonyl (C=O) groups is 1. The average molecular weight is 314 g/mol. The number of aryl methyl sites for hydroxylation is 1. The summed E-state index contributed by atoms with van der Waals surface area (Å²) >= 11 is 0. The van der Waals surface area contributed by atoms with E-state index in [0.717, 1.165) is 43.6 Å². The van der Waals surface area contributed by atoms with Gasteiger partial charge in [-0.25, -0.2) is 4.98 Å². The maximum atomic E-state index is 12.0. The van der Waals surface area contributed by atoms with Crippen LogP contribution < -0.4 is 10.2 Å². The molecule has 0 radical (unpaired) electrons. The lowest BCUT2D eigenvalue weighted by Crippen LogP contribution is -2.24. The van der Waals surface area contributed by atoms with Crippen LogP contribution in [0.15, 0.2) is 43.0 Å². The first-order valence-electron chi connectivity index (χ1n) is 8.18. The molecule has 1 N–H and O–H groups in total. The number of hydrogen-bond acceptors (Lipinski definition) is 3. The molecule has 2 aromatic rings. The van der Waals surface area contributed by atoms with Crippen molar-refractivity contribution < 1.29 is 4.79 Å². The number of nitrogens with one attached hydrogen (secondary N) is 1. The second-order valence-corrected chi connectivity index (χ2v) is 5.91. The molecule has 0 saturated heterocycles. The van der Waals surface area contributed by atoms with Crippen molar-refractivity contribution in [2.75, 3.05) is 25.5 Å². The molecule has 124 valence electrons. The molecule has 0 aliphatic carbocycles. The van der Waals surface area contributed by atoms with Crippen molar-refractivity contribution in [1.82, 2.24) is 14.9 Å². The fraction of sp³-hybridized carbons (Fsp3) is 0.444. The lowest BCUT2D eigenvalue weighted by Gasteiger charge is -2.12. The second-order valence-electron chi connectivity index (χ2n) is 5.91. The lowest BCUT2D eigenvalue weighted by molar-refractivity contribution is 0.0953. The van der Waals surface area contributed by atoms with Crippen molar-refractivity contribution >= 4 is 11.6 Å². The van der Waals surface area contributed by atoms with Crippen LogP contribution in [0.25, 0.3) is 0 Å². The number of amides is 1. The molecule has 0 aliphatic rings. The molecule has 0 unspecified atom stereocenters. The van der Waals surface area contributed by atoms with Crippen molar-refractivity contribution in [2.45, 2.75) is 32.2 Å². The zero-order chi connectivity index (χ0) is 16.5. The first-order valence-corrected chi connectivity index (χ1v) is 8.18. The molecular weight excluding hydrogens is 288 g/mol.